The lowest BCUT2D eigenvalue weighted by Gasteiger charge is -2.37. The number of carbonyl (C=O) groups excluding carboxylic acids is 3. The number of anilines is 2. The maximum atomic E-state index is 13.6. The molecule has 3 aromatic rings. The zero-order chi connectivity index (χ0) is 44.2. The molecule has 2 aromatic carbocycles. The number of ketones is 1. The van der Waals surface area contributed by atoms with Crippen molar-refractivity contribution >= 4 is 51.3 Å². The summed E-state index contributed by atoms with van der Waals surface area (Å²) in [4.78, 5) is 66.2. The van der Waals surface area contributed by atoms with Crippen LogP contribution in [0.25, 0.3) is 0 Å². The number of methoxy groups -OCH3 is 1. The minimum absolute atomic E-state index is 0.0584. The van der Waals surface area contributed by atoms with Gasteiger partial charge in [0.1, 0.15) is 12.1 Å². The van der Waals surface area contributed by atoms with Crippen molar-refractivity contribution in [2.24, 2.45) is 5.73 Å². The third-order valence-corrected chi connectivity index (χ3v) is 9.69. The number of carbonyl (C=O) groups is 5. The molecule has 0 aliphatic carbocycles. The number of aromatic amines is 1. The van der Waals surface area contributed by atoms with Crippen LogP contribution in [-0.4, -0.2) is 109 Å². The zero-order valence-electron chi connectivity index (χ0n) is 31.2. The molecule has 320 valence electrons. The van der Waals surface area contributed by atoms with Gasteiger partial charge < -0.3 is 41.2 Å². The Morgan fingerprint density at radius 3 is 2.07 bits per heavy atom. The van der Waals surface area contributed by atoms with Crippen molar-refractivity contribution in [3.8, 4) is 0 Å². The molecule has 0 bridgehead atoms. The van der Waals surface area contributed by atoms with E-state index < -0.39 is 58.3 Å². The van der Waals surface area contributed by atoms with Crippen molar-refractivity contribution in [2.45, 2.75) is 69.5 Å². The molecule has 1 amide bonds. The Hall–Kier alpha value is -5.75. The fraction of sp³-hybridized carbons (Fsp3) is 0.412. The first-order valence-electron chi connectivity index (χ1n) is 16.8. The van der Waals surface area contributed by atoms with Crippen LogP contribution in [0.15, 0.2) is 47.6 Å². The quantitative estimate of drug-likeness (QED) is 0.0964. The molecule has 24 heteroatoms. The number of benzene rings is 2. The van der Waals surface area contributed by atoms with E-state index in [1.54, 1.807) is 44.4 Å². The third kappa shape index (κ3) is 14.0. The van der Waals surface area contributed by atoms with Crippen molar-refractivity contribution in [1.82, 2.24) is 20.0 Å². The number of hydrogen-bond acceptors (Lipinski definition) is 12. The summed E-state index contributed by atoms with van der Waals surface area (Å²) in [5.41, 5.74) is 9.72. The molecule has 2 heterocycles. The smallest absolute Gasteiger partial charge is 0.475 e. The average molecular weight is 854 g/mol. The number of nitrogens with zero attached hydrogens (tertiary/aromatic N) is 2. The first kappa shape index (κ1) is 48.4. The first-order chi connectivity index (χ1) is 26.8. The number of aliphatic carboxylic acids is 2. The van der Waals surface area contributed by atoms with E-state index in [1.165, 1.54) is 0 Å². The lowest BCUT2D eigenvalue weighted by Crippen LogP contribution is -2.55. The van der Waals surface area contributed by atoms with Gasteiger partial charge in [-0.15, -0.1) is 0 Å². The molecule has 17 nitrogen and oxygen atoms in total. The number of nitrogens with one attached hydrogen (secondary N) is 4. The van der Waals surface area contributed by atoms with Gasteiger partial charge in [-0.25, -0.2) is 23.0 Å². The number of carboxylic acid groups (broad SMARTS) is 2. The highest BCUT2D eigenvalue weighted by Gasteiger charge is 2.39. The number of hydrogen-bond donors (Lipinski definition) is 7. The molecule has 2 unspecified atom stereocenters. The highest BCUT2D eigenvalue weighted by molar-refractivity contribution is 7.89. The molecular formula is C34H41F6N7O10S. The molecule has 1 aliphatic rings. The fourth-order valence-corrected chi connectivity index (χ4v) is 7.15. The predicted octanol–water partition coefficient (Wildman–Crippen LogP) is 2.96. The van der Waals surface area contributed by atoms with Gasteiger partial charge in [-0.3, -0.25) is 14.4 Å². The number of Topliss-reactive ketones (excluding diaryl/α,β-unsaturated/α-hetero) is 1. The van der Waals surface area contributed by atoms with Crippen LogP contribution in [0.1, 0.15) is 45.5 Å². The van der Waals surface area contributed by atoms with E-state index in [9.17, 15) is 49.1 Å². The summed E-state index contributed by atoms with van der Waals surface area (Å²) in [6, 6.07) is 6.63. The van der Waals surface area contributed by atoms with Crippen molar-refractivity contribution in [3.63, 3.8) is 0 Å². The summed E-state index contributed by atoms with van der Waals surface area (Å²) < 4.78 is 97.4. The third-order valence-electron chi connectivity index (χ3n) is 7.91. The number of sulfonamides is 1. The van der Waals surface area contributed by atoms with Crippen LogP contribution >= 0.6 is 0 Å². The van der Waals surface area contributed by atoms with Crippen molar-refractivity contribution in [2.75, 3.05) is 37.0 Å². The van der Waals surface area contributed by atoms with E-state index in [0.29, 0.717) is 54.4 Å². The normalized spacial score (nSPS) is 14.4. The number of aryl methyl sites for hydroxylation is 3. The summed E-state index contributed by atoms with van der Waals surface area (Å²) in [6.45, 7) is 6.04. The molecule has 1 aliphatic heterocycles. The molecule has 8 N–H and O–H groups in total. The molecule has 2 atom stereocenters. The molecular weight excluding hydrogens is 812 g/mol. The number of nitrogens with two attached hydrogens (primary N) is 1. The van der Waals surface area contributed by atoms with Gasteiger partial charge in [0.05, 0.1) is 12.0 Å². The van der Waals surface area contributed by atoms with Gasteiger partial charge in [0, 0.05) is 49.7 Å². The van der Waals surface area contributed by atoms with Crippen LogP contribution in [0.3, 0.4) is 0 Å². The molecule has 0 saturated carbocycles. The van der Waals surface area contributed by atoms with Crippen LogP contribution in [0.4, 0.5) is 38.0 Å². The molecule has 0 spiro atoms. The van der Waals surface area contributed by atoms with E-state index >= 15 is 0 Å². The number of ether oxygens (including phenoxy) is 1. The van der Waals surface area contributed by atoms with Crippen molar-refractivity contribution in [3.05, 3.63) is 70.5 Å². The lowest BCUT2D eigenvalue weighted by atomic mass is 9.92. The number of alkyl halides is 6. The number of rotatable bonds is 13. The topological polar surface area (TPSA) is 263 Å². The monoisotopic (exact) mass is 853 g/mol. The number of aromatic nitrogens is 2. The number of halogens is 6. The molecule has 0 fully saturated rings. The number of carboxylic acids is 2. The number of amides is 1. The van der Waals surface area contributed by atoms with Crippen LogP contribution in [0.2, 0.25) is 0 Å². The summed E-state index contributed by atoms with van der Waals surface area (Å²) in [7, 11) is -3.02. The summed E-state index contributed by atoms with van der Waals surface area (Å²) in [6.07, 6.45) is -6.37. The summed E-state index contributed by atoms with van der Waals surface area (Å²) in [5, 5.41) is 20.1. The van der Waals surface area contributed by atoms with Crippen LogP contribution in [0, 0.1) is 20.8 Å². The van der Waals surface area contributed by atoms with Gasteiger partial charge in [-0.2, -0.15) is 31.1 Å². The summed E-state index contributed by atoms with van der Waals surface area (Å²) >= 11 is 0. The SMILES string of the molecule is COC(=O)C(CNC(=O)C1CC(=O)c2ccc(CNc3ncc[nH]3)cc2N1CCCN)NS(=O)(=O)c1c(C)cc(C)cc1C.O=C(O)C(F)(F)F.O=C(O)C(F)(F)F. The lowest BCUT2D eigenvalue weighted by molar-refractivity contribution is -0.193. The minimum Gasteiger partial charge on any atom is -0.475 e. The van der Waals surface area contributed by atoms with E-state index in [4.69, 9.17) is 30.3 Å². The second-order valence-electron chi connectivity index (χ2n) is 12.4. The van der Waals surface area contributed by atoms with Gasteiger partial charge in [0.15, 0.2) is 11.7 Å². The van der Waals surface area contributed by atoms with Crippen LogP contribution in [-0.2, 0) is 40.5 Å². The summed E-state index contributed by atoms with van der Waals surface area (Å²) in [5.74, 6) is -6.52. The second kappa shape index (κ2) is 20.6. The Morgan fingerprint density at radius 2 is 1.59 bits per heavy atom. The largest absolute Gasteiger partial charge is 0.490 e. The van der Waals surface area contributed by atoms with Crippen molar-refractivity contribution < 1.29 is 73.7 Å². The van der Waals surface area contributed by atoms with Gasteiger partial charge in [0.2, 0.25) is 15.9 Å². The zero-order valence-corrected chi connectivity index (χ0v) is 32.1. The number of fused-ring (bicyclic) bond motifs is 1. The van der Waals surface area contributed by atoms with E-state index in [2.05, 4.69) is 25.3 Å². The van der Waals surface area contributed by atoms with Gasteiger partial charge in [-0.05, 0) is 62.6 Å². The number of esters is 1. The highest BCUT2D eigenvalue weighted by atomic mass is 32.2. The Morgan fingerprint density at radius 1 is 1.02 bits per heavy atom. The standard InChI is InChI=1S/C30H39N7O6S.2C2HF3O2/c1-18-12-19(2)27(20(3)13-18)44(41,42)36-23(29(40)43-4)17-34-28(39)25-15-26(38)22-7-6-21(16-35-30-32-9-10-33-30)14-24(22)37(25)11-5-8-31;2*3-2(4,5)1(6)7/h6-7,9-10,12-14,23,25,36H,5,8,11,15-17,31H2,1-4H3,(H,34,39)(H2,32,33,35);2*(H,6,7). The molecule has 1 aromatic heterocycles. The van der Waals surface area contributed by atoms with Crippen LogP contribution in [0.5, 0.6) is 0 Å². The van der Waals surface area contributed by atoms with Crippen molar-refractivity contribution in [1.29, 1.82) is 0 Å². The Kier molecular flexibility index (Phi) is 17.2. The van der Waals surface area contributed by atoms with E-state index in [1.807, 2.05) is 24.0 Å². The van der Waals surface area contributed by atoms with Gasteiger partial charge in [0.25, 0.3) is 0 Å². The highest BCUT2D eigenvalue weighted by Crippen LogP contribution is 2.32. The first-order valence-corrected chi connectivity index (χ1v) is 18.2. The van der Waals surface area contributed by atoms with E-state index in [0.717, 1.165) is 18.2 Å². The minimum atomic E-state index is -5.08. The molecule has 0 saturated heterocycles. The second-order valence-corrected chi connectivity index (χ2v) is 14.0. The molecule has 4 rings (SSSR count). The predicted molar refractivity (Wildman–Crippen MR) is 193 cm³/mol. The maximum Gasteiger partial charge on any atom is 0.490 e. The molecule has 0 radical (unpaired) electrons. The Balaban J connectivity index is 0.000000707. The van der Waals surface area contributed by atoms with Gasteiger partial charge >= 0.3 is 30.3 Å². The van der Waals surface area contributed by atoms with E-state index in [-0.39, 0.29) is 23.6 Å². The number of imidazole rings is 1. The Bertz CT molecular complexity index is 2000. The average Bonchev–Trinajstić information content (AvgIpc) is 3.64. The molecule has 58 heavy (non-hydrogen) atoms. The Labute approximate surface area is 327 Å². The van der Waals surface area contributed by atoms with Gasteiger partial charge in [-0.1, -0.05) is 23.8 Å². The van der Waals surface area contributed by atoms with Crippen LogP contribution < -0.4 is 26.0 Å². The fourth-order valence-electron chi connectivity index (χ4n) is 5.52. The maximum absolute atomic E-state index is 13.6. The number of H-pyrrole nitrogens is 1.